The Morgan fingerprint density at radius 3 is 2.65 bits per heavy atom. The fourth-order valence-electron chi connectivity index (χ4n) is 2.64. The number of aryl methyl sites for hydroxylation is 1. The monoisotopic (exact) mass is 357 g/mol. The molecule has 0 aliphatic rings. The average Bonchev–Trinajstić information content (AvgIpc) is 2.61. The highest BCUT2D eigenvalue weighted by molar-refractivity contribution is 5.94. The van der Waals surface area contributed by atoms with Gasteiger partial charge >= 0.3 is 0 Å². The second-order valence-electron chi connectivity index (χ2n) is 5.98. The van der Waals surface area contributed by atoms with E-state index in [4.69, 9.17) is 4.74 Å². The molecule has 2 rings (SSSR count). The van der Waals surface area contributed by atoms with E-state index in [2.05, 4.69) is 11.4 Å². The lowest BCUT2D eigenvalue weighted by atomic mass is 10.1. The van der Waals surface area contributed by atoms with E-state index < -0.39 is 4.92 Å². The van der Waals surface area contributed by atoms with E-state index in [1.807, 2.05) is 36.9 Å². The molecule has 0 unspecified atom stereocenters. The van der Waals surface area contributed by atoms with Gasteiger partial charge in [0.05, 0.1) is 24.6 Å². The highest BCUT2D eigenvalue weighted by Gasteiger charge is 2.18. The Morgan fingerprint density at radius 2 is 2.04 bits per heavy atom. The molecule has 0 radical (unpaired) electrons. The van der Waals surface area contributed by atoms with Gasteiger partial charge in [0.15, 0.2) is 0 Å². The zero-order valence-corrected chi connectivity index (χ0v) is 15.2. The van der Waals surface area contributed by atoms with Gasteiger partial charge < -0.3 is 10.1 Å². The van der Waals surface area contributed by atoms with Crippen molar-refractivity contribution in [2.75, 3.05) is 25.5 Å². The summed E-state index contributed by atoms with van der Waals surface area (Å²) in [5.74, 6) is 0.0668. The molecule has 2 aromatic carbocycles. The molecule has 0 heterocycles. The van der Waals surface area contributed by atoms with Crippen molar-refractivity contribution in [2.45, 2.75) is 20.4 Å². The SMILES string of the molecule is CCN(CC(=O)Nc1ccc(OC)cc1[N+](=O)[O-])Cc1cccc(C)c1. The van der Waals surface area contributed by atoms with Crippen LogP contribution in [0.2, 0.25) is 0 Å². The molecule has 0 atom stereocenters. The van der Waals surface area contributed by atoms with Gasteiger partial charge in [-0.15, -0.1) is 0 Å². The van der Waals surface area contributed by atoms with E-state index in [0.29, 0.717) is 18.8 Å². The minimum absolute atomic E-state index is 0.146. The molecule has 1 amide bonds. The van der Waals surface area contributed by atoms with Crippen LogP contribution in [0, 0.1) is 17.0 Å². The number of nitro groups is 1. The first-order valence-corrected chi connectivity index (χ1v) is 8.33. The first-order valence-electron chi connectivity index (χ1n) is 8.33. The van der Waals surface area contributed by atoms with E-state index in [1.165, 1.54) is 19.2 Å². The van der Waals surface area contributed by atoms with Crippen molar-refractivity contribution in [1.82, 2.24) is 4.90 Å². The second-order valence-corrected chi connectivity index (χ2v) is 5.98. The Balaban J connectivity index is 2.06. The fourth-order valence-corrected chi connectivity index (χ4v) is 2.64. The summed E-state index contributed by atoms with van der Waals surface area (Å²) in [6.07, 6.45) is 0. The van der Waals surface area contributed by atoms with Crippen LogP contribution < -0.4 is 10.1 Å². The minimum Gasteiger partial charge on any atom is -0.496 e. The smallest absolute Gasteiger partial charge is 0.296 e. The number of methoxy groups -OCH3 is 1. The molecule has 0 spiro atoms. The maximum atomic E-state index is 12.4. The van der Waals surface area contributed by atoms with Gasteiger partial charge in [0.2, 0.25) is 5.91 Å². The van der Waals surface area contributed by atoms with Gasteiger partial charge in [0.25, 0.3) is 5.69 Å². The Labute approximate surface area is 152 Å². The first kappa shape index (κ1) is 19.4. The van der Waals surface area contributed by atoms with Crippen LogP contribution in [0.15, 0.2) is 42.5 Å². The topological polar surface area (TPSA) is 84.7 Å². The van der Waals surface area contributed by atoms with Gasteiger partial charge in [-0.2, -0.15) is 0 Å². The molecule has 26 heavy (non-hydrogen) atoms. The third-order valence-electron chi connectivity index (χ3n) is 3.98. The fraction of sp³-hybridized carbons (Fsp3) is 0.316. The van der Waals surface area contributed by atoms with Crippen LogP contribution in [0.3, 0.4) is 0 Å². The molecule has 0 bridgehead atoms. The van der Waals surface area contributed by atoms with Crippen LogP contribution in [0.4, 0.5) is 11.4 Å². The Kier molecular flexibility index (Phi) is 6.68. The Bertz CT molecular complexity index is 792. The number of nitrogens with one attached hydrogen (secondary N) is 1. The van der Waals surface area contributed by atoms with E-state index in [-0.39, 0.29) is 23.8 Å². The van der Waals surface area contributed by atoms with E-state index in [1.54, 1.807) is 6.07 Å². The maximum Gasteiger partial charge on any atom is 0.296 e. The van der Waals surface area contributed by atoms with E-state index in [9.17, 15) is 14.9 Å². The Morgan fingerprint density at radius 1 is 1.27 bits per heavy atom. The summed E-state index contributed by atoms with van der Waals surface area (Å²) >= 11 is 0. The number of hydrogen-bond donors (Lipinski definition) is 1. The molecule has 138 valence electrons. The number of ether oxygens (including phenoxy) is 1. The van der Waals surface area contributed by atoms with Gasteiger partial charge in [-0.1, -0.05) is 36.8 Å². The number of anilines is 1. The number of benzene rings is 2. The molecule has 0 aliphatic heterocycles. The van der Waals surface area contributed by atoms with Crippen molar-refractivity contribution in [1.29, 1.82) is 0 Å². The lowest BCUT2D eigenvalue weighted by Gasteiger charge is -2.20. The minimum atomic E-state index is -0.539. The van der Waals surface area contributed by atoms with Crippen molar-refractivity contribution in [3.05, 3.63) is 63.7 Å². The summed E-state index contributed by atoms with van der Waals surface area (Å²) in [6, 6.07) is 12.4. The van der Waals surface area contributed by atoms with Gasteiger partial charge in [0, 0.05) is 6.54 Å². The van der Waals surface area contributed by atoms with Gasteiger partial charge in [0.1, 0.15) is 11.4 Å². The lowest BCUT2D eigenvalue weighted by molar-refractivity contribution is -0.384. The number of rotatable bonds is 8. The molecule has 1 N–H and O–H groups in total. The van der Waals surface area contributed by atoms with Gasteiger partial charge in [-0.05, 0) is 31.2 Å². The van der Waals surface area contributed by atoms with E-state index >= 15 is 0 Å². The van der Waals surface area contributed by atoms with E-state index in [0.717, 1.165) is 11.1 Å². The van der Waals surface area contributed by atoms with Gasteiger partial charge in [-0.25, -0.2) is 0 Å². The zero-order valence-electron chi connectivity index (χ0n) is 15.2. The highest BCUT2D eigenvalue weighted by Crippen LogP contribution is 2.28. The third-order valence-corrected chi connectivity index (χ3v) is 3.98. The van der Waals surface area contributed by atoms with Crippen molar-refractivity contribution >= 4 is 17.3 Å². The summed E-state index contributed by atoms with van der Waals surface area (Å²) in [6.45, 7) is 5.46. The number of nitrogens with zero attached hydrogens (tertiary/aromatic N) is 2. The molecule has 7 heteroatoms. The first-order chi connectivity index (χ1) is 12.4. The second kappa shape index (κ2) is 8.96. The van der Waals surface area contributed by atoms with Gasteiger partial charge in [-0.3, -0.25) is 19.8 Å². The molecule has 7 nitrogen and oxygen atoms in total. The van der Waals surface area contributed by atoms with Crippen molar-refractivity contribution in [2.24, 2.45) is 0 Å². The summed E-state index contributed by atoms with van der Waals surface area (Å²) < 4.78 is 5.00. The maximum absolute atomic E-state index is 12.4. The number of likely N-dealkylation sites (N-methyl/N-ethyl adjacent to an activating group) is 1. The van der Waals surface area contributed by atoms with Crippen molar-refractivity contribution in [3.63, 3.8) is 0 Å². The molecule has 0 saturated carbocycles. The van der Waals surface area contributed by atoms with Crippen LogP contribution in [-0.2, 0) is 11.3 Å². The van der Waals surface area contributed by atoms with Crippen LogP contribution >= 0.6 is 0 Å². The third kappa shape index (κ3) is 5.29. The predicted molar refractivity (Wildman–Crippen MR) is 100 cm³/mol. The summed E-state index contributed by atoms with van der Waals surface area (Å²) in [5, 5.41) is 13.8. The molecule has 2 aromatic rings. The predicted octanol–water partition coefficient (Wildman–Crippen LogP) is 3.37. The zero-order chi connectivity index (χ0) is 19.1. The number of hydrogen-bond acceptors (Lipinski definition) is 5. The summed E-state index contributed by atoms with van der Waals surface area (Å²) in [7, 11) is 1.43. The Hall–Kier alpha value is -2.93. The molecular formula is C19H23N3O4. The van der Waals surface area contributed by atoms with Crippen molar-refractivity contribution < 1.29 is 14.5 Å². The van der Waals surface area contributed by atoms with Crippen LogP contribution in [0.1, 0.15) is 18.1 Å². The standard InChI is InChI=1S/C19H23N3O4/c1-4-21(12-15-7-5-6-14(2)10-15)13-19(23)20-17-9-8-16(26-3)11-18(17)22(24)25/h5-11H,4,12-13H2,1-3H3,(H,20,23). The molecule has 0 fully saturated rings. The van der Waals surface area contributed by atoms with Crippen LogP contribution in [-0.4, -0.2) is 35.9 Å². The summed E-state index contributed by atoms with van der Waals surface area (Å²) in [4.78, 5) is 25.0. The largest absolute Gasteiger partial charge is 0.496 e. The highest BCUT2D eigenvalue weighted by atomic mass is 16.6. The molecule has 0 saturated heterocycles. The molecule has 0 aromatic heterocycles. The number of amides is 1. The quantitative estimate of drug-likeness (QED) is 0.578. The molecular weight excluding hydrogens is 334 g/mol. The number of carbonyl (C=O) groups is 1. The lowest BCUT2D eigenvalue weighted by Crippen LogP contribution is -2.32. The number of nitro benzene ring substituents is 1. The molecule has 0 aliphatic carbocycles. The summed E-state index contributed by atoms with van der Waals surface area (Å²) in [5.41, 5.74) is 2.25. The normalized spacial score (nSPS) is 10.6. The van der Waals surface area contributed by atoms with Crippen molar-refractivity contribution in [3.8, 4) is 5.75 Å². The van der Waals surface area contributed by atoms with Crippen LogP contribution in [0.5, 0.6) is 5.75 Å². The van der Waals surface area contributed by atoms with Crippen LogP contribution in [0.25, 0.3) is 0 Å². The number of carbonyl (C=O) groups excluding carboxylic acids is 1. The average molecular weight is 357 g/mol.